The van der Waals surface area contributed by atoms with Gasteiger partial charge in [-0.15, -0.1) is 0 Å². The molecule has 0 aliphatic heterocycles. The Hall–Kier alpha value is -2.90. The van der Waals surface area contributed by atoms with Crippen LogP contribution in [0.5, 0.6) is 5.88 Å². The molecule has 1 aromatic carbocycles. The lowest BCUT2D eigenvalue weighted by Gasteiger charge is -2.08. The highest BCUT2D eigenvalue weighted by molar-refractivity contribution is 5.42. The predicted octanol–water partition coefficient (Wildman–Crippen LogP) is 0.975. The van der Waals surface area contributed by atoms with E-state index in [0.717, 1.165) is 17.4 Å². The number of hydrogen-bond donors (Lipinski definition) is 1. The van der Waals surface area contributed by atoms with Crippen LogP contribution in [-0.2, 0) is 0 Å². The maximum atomic E-state index is 12.3. The molecule has 8 heteroatoms. The number of nitrogens with zero attached hydrogens (tertiary/aromatic N) is 2. The Kier molecular flexibility index (Phi) is 3.05. The van der Waals surface area contributed by atoms with Crippen molar-refractivity contribution in [3.05, 3.63) is 61.3 Å². The van der Waals surface area contributed by atoms with Gasteiger partial charge >= 0.3 is 16.9 Å². The van der Waals surface area contributed by atoms with E-state index in [4.69, 9.17) is 4.74 Å². The van der Waals surface area contributed by atoms with Gasteiger partial charge in [0.25, 0.3) is 5.88 Å². The van der Waals surface area contributed by atoms with Gasteiger partial charge in [-0.25, -0.2) is 9.36 Å². The lowest BCUT2D eigenvalue weighted by atomic mass is 10.3. The summed E-state index contributed by atoms with van der Waals surface area (Å²) >= 11 is 0. The SMILES string of the molecule is O=c1[nH]c(OC2CC2)c([N+](=O)[O-])c(=O)n1-c1ccccc1. The first-order chi connectivity index (χ1) is 10.1. The van der Waals surface area contributed by atoms with Gasteiger partial charge in [0.05, 0.1) is 10.6 Å². The van der Waals surface area contributed by atoms with E-state index in [1.54, 1.807) is 18.2 Å². The number of nitro groups is 1. The van der Waals surface area contributed by atoms with Crippen LogP contribution in [0.1, 0.15) is 12.8 Å². The summed E-state index contributed by atoms with van der Waals surface area (Å²) in [5, 5.41) is 11.1. The number of aromatic amines is 1. The Labute approximate surface area is 117 Å². The van der Waals surface area contributed by atoms with E-state index >= 15 is 0 Å². The van der Waals surface area contributed by atoms with E-state index in [0.29, 0.717) is 0 Å². The summed E-state index contributed by atoms with van der Waals surface area (Å²) in [6.45, 7) is 0. The molecule has 1 aromatic heterocycles. The summed E-state index contributed by atoms with van der Waals surface area (Å²) in [7, 11) is 0. The van der Waals surface area contributed by atoms with Crippen molar-refractivity contribution in [3.63, 3.8) is 0 Å². The molecule has 0 radical (unpaired) electrons. The zero-order valence-electron chi connectivity index (χ0n) is 10.8. The molecule has 0 bridgehead atoms. The number of rotatable bonds is 4. The van der Waals surface area contributed by atoms with Crippen molar-refractivity contribution in [2.45, 2.75) is 18.9 Å². The molecule has 8 nitrogen and oxygen atoms in total. The minimum atomic E-state index is -1.01. The highest BCUT2D eigenvalue weighted by Crippen LogP contribution is 2.28. The maximum absolute atomic E-state index is 12.3. The fourth-order valence-corrected chi connectivity index (χ4v) is 1.92. The lowest BCUT2D eigenvalue weighted by Crippen LogP contribution is -2.35. The number of H-pyrrole nitrogens is 1. The number of nitrogens with one attached hydrogen (secondary N) is 1. The third-order valence-corrected chi connectivity index (χ3v) is 3.05. The van der Waals surface area contributed by atoms with Crippen LogP contribution >= 0.6 is 0 Å². The first-order valence-electron chi connectivity index (χ1n) is 6.33. The van der Waals surface area contributed by atoms with Gasteiger partial charge in [0.1, 0.15) is 6.10 Å². The lowest BCUT2D eigenvalue weighted by molar-refractivity contribution is -0.387. The summed E-state index contributed by atoms with van der Waals surface area (Å²) in [4.78, 5) is 36.9. The minimum Gasteiger partial charge on any atom is -0.471 e. The van der Waals surface area contributed by atoms with Crippen molar-refractivity contribution >= 4 is 5.69 Å². The predicted molar refractivity (Wildman–Crippen MR) is 73.0 cm³/mol. The first kappa shape index (κ1) is 13.1. The molecule has 108 valence electrons. The van der Waals surface area contributed by atoms with Gasteiger partial charge in [-0.3, -0.25) is 19.9 Å². The third-order valence-electron chi connectivity index (χ3n) is 3.05. The van der Waals surface area contributed by atoms with Crippen molar-refractivity contribution in [3.8, 4) is 11.6 Å². The average Bonchev–Trinajstić information content (AvgIpc) is 3.23. The van der Waals surface area contributed by atoms with E-state index in [9.17, 15) is 19.7 Å². The zero-order chi connectivity index (χ0) is 15.0. The molecular formula is C13H11N3O5. The van der Waals surface area contributed by atoms with E-state index in [2.05, 4.69) is 4.98 Å². The first-order valence-corrected chi connectivity index (χ1v) is 6.33. The molecule has 1 heterocycles. The summed E-state index contributed by atoms with van der Waals surface area (Å²) in [5.74, 6) is -0.371. The maximum Gasteiger partial charge on any atom is 0.393 e. The Balaban J connectivity index is 2.23. The van der Waals surface area contributed by atoms with E-state index in [1.165, 1.54) is 12.1 Å². The highest BCUT2D eigenvalue weighted by Gasteiger charge is 2.32. The van der Waals surface area contributed by atoms with Crippen LogP contribution < -0.4 is 16.0 Å². The van der Waals surface area contributed by atoms with Gasteiger partial charge in [-0.1, -0.05) is 18.2 Å². The van der Waals surface area contributed by atoms with Gasteiger partial charge < -0.3 is 4.74 Å². The smallest absolute Gasteiger partial charge is 0.393 e. The fraction of sp³-hybridized carbons (Fsp3) is 0.231. The molecule has 1 fully saturated rings. The van der Waals surface area contributed by atoms with Gasteiger partial charge in [0.15, 0.2) is 0 Å². The molecule has 0 amide bonds. The Morgan fingerprint density at radius 1 is 1.24 bits per heavy atom. The molecular weight excluding hydrogens is 278 g/mol. The van der Waals surface area contributed by atoms with Crippen molar-refractivity contribution in [1.29, 1.82) is 0 Å². The number of hydrogen-bond acceptors (Lipinski definition) is 5. The molecule has 1 aliphatic rings. The van der Waals surface area contributed by atoms with Crippen LogP contribution in [-0.4, -0.2) is 20.6 Å². The monoisotopic (exact) mass is 289 g/mol. The second kappa shape index (κ2) is 4.89. The van der Waals surface area contributed by atoms with Gasteiger partial charge in [-0.2, -0.15) is 0 Å². The molecule has 0 saturated heterocycles. The number of benzene rings is 1. The second-order valence-corrected chi connectivity index (χ2v) is 4.66. The summed E-state index contributed by atoms with van der Waals surface area (Å²) in [6, 6.07) is 7.99. The second-order valence-electron chi connectivity index (χ2n) is 4.66. The molecule has 0 atom stereocenters. The largest absolute Gasteiger partial charge is 0.471 e. The van der Waals surface area contributed by atoms with E-state index in [1.807, 2.05) is 0 Å². The quantitative estimate of drug-likeness (QED) is 0.666. The molecule has 3 rings (SSSR count). The minimum absolute atomic E-state index is 0.175. The Morgan fingerprint density at radius 3 is 2.48 bits per heavy atom. The molecule has 1 saturated carbocycles. The van der Waals surface area contributed by atoms with E-state index < -0.39 is 21.9 Å². The Bertz CT molecular complexity index is 805. The van der Waals surface area contributed by atoms with Crippen LogP contribution in [0.4, 0.5) is 5.69 Å². The summed E-state index contributed by atoms with van der Waals surface area (Å²) in [5.41, 5.74) is -2.28. The van der Waals surface area contributed by atoms with Crippen LogP contribution in [0.15, 0.2) is 39.9 Å². The summed E-state index contributed by atoms with van der Waals surface area (Å²) < 4.78 is 5.98. The molecule has 1 aliphatic carbocycles. The molecule has 0 unspecified atom stereocenters. The number of para-hydroxylation sites is 1. The third kappa shape index (κ3) is 2.42. The molecule has 0 spiro atoms. The average molecular weight is 289 g/mol. The standard InChI is InChI=1S/C13H11N3O5/c17-12-10(16(19)20)11(21-9-6-7-9)14-13(18)15(12)8-4-2-1-3-5-8/h1-5,9H,6-7H2,(H,14,18). The normalized spacial score (nSPS) is 13.9. The topological polar surface area (TPSA) is 107 Å². The zero-order valence-corrected chi connectivity index (χ0v) is 10.8. The van der Waals surface area contributed by atoms with Crippen molar-refractivity contribution < 1.29 is 9.66 Å². The van der Waals surface area contributed by atoms with Crippen molar-refractivity contribution in [2.75, 3.05) is 0 Å². The Morgan fingerprint density at radius 2 is 1.90 bits per heavy atom. The molecule has 21 heavy (non-hydrogen) atoms. The van der Waals surface area contributed by atoms with Crippen LogP contribution in [0, 0.1) is 10.1 Å². The van der Waals surface area contributed by atoms with Crippen LogP contribution in [0.3, 0.4) is 0 Å². The molecule has 2 aromatic rings. The van der Waals surface area contributed by atoms with Crippen LogP contribution in [0.25, 0.3) is 5.69 Å². The van der Waals surface area contributed by atoms with Gasteiger partial charge in [-0.05, 0) is 25.0 Å². The van der Waals surface area contributed by atoms with Crippen molar-refractivity contribution in [1.82, 2.24) is 9.55 Å². The highest BCUT2D eigenvalue weighted by atomic mass is 16.6. The summed E-state index contributed by atoms with van der Waals surface area (Å²) in [6.07, 6.45) is 1.33. The van der Waals surface area contributed by atoms with Gasteiger partial charge in [0.2, 0.25) is 0 Å². The van der Waals surface area contributed by atoms with Crippen LogP contribution in [0.2, 0.25) is 0 Å². The number of aromatic nitrogens is 2. The number of ether oxygens (including phenoxy) is 1. The fourth-order valence-electron chi connectivity index (χ4n) is 1.92. The molecule has 1 N–H and O–H groups in total. The van der Waals surface area contributed by atoms with Gasteiger partial charge in [0, 0.05) is 0 Å². The van der Waals surface area contributed by atoms with E-state index in [-0.39, 0.29) is 17.7 Å². The van der Waals surface area contributed by atoms with Crippen molar-refractivity contribution in [2.24, 2.45) is 0 Å².